The first kappa shape index (κ1) is 26.1. The van der Waals surface area contributed by atoms with Crippen LogP contribution in [0.5, 0.6) is 0 Å². The number of hydrogen-bond acceptors (Lipinski definition) is 8. The summed E-state index contributed by atoms with van der Waals surface area (Å²) in [4.78, 5) is 28.9. The van der Waals surface area contributed by atoms with Gasteiger partial charge in [-0.3, -0.25) is 9.36 Å². The number of nitrogens with zero attached hydrogens (tertiary/aromatic N) is 6. The molecule has 0 aliphatic heterocycles. The van der Waals surface area contributed by atoms with E-state index in [2.05, 4.69) is 45.4 Å². The second-order valence-electron chi connectivity index (χ2n) is 9.01. The number of nitrogens with one attached hydrogen (secondary N) is 1. The molecule has 0 saturated carbocycles. The Hall–Kier alpha value is -4.00. The predicted octanol–water partition coefficient (Wildman–Crippen LogP) is 4.30. The monoisotopic (exact) mass is 516 g/mol. The molecule has 0 spiro atoms. The molecule has 0 unspecified atom stereocenters. The highest BCUT2D eigenvalue weighted by molar-refractivity contribution is 6.35. The summed E-state index contributed by atoms with van der Waals surface area (Å²) < 4.78 is 1.66. The fourth-order valence-corrected chi connectivity index (χ4v) is 4.61. The van der Waals surface area contributed by atoms with Crippen molar-refractivity contribution in [3.63, 3.8) is 0 Å². The number of rotatable bonds is 9. The van der Waals surface area contributed by atoms with Gasteiger partial charge in [-0.05, 0) is 51.6 Å². The average molecular weight is 517 g/mol. The van der Waals surface area contributed by atoms with Crippen LogP contribution in [-0.2, 0) is 13.1 Å². The number of aryl methyl sites for hydroxylation is 1. The van der Waals surface area contributed by atoms with E-state index < -0.39 is 6.04 Å². The molecule has 0 amide bonds. The van der Waals surface area contributed by atoms with Crippen LogP contribution in [0, 0.1) is 18.3 Å². The Morgan fingerprint density at radius 1 is 1.16 bits per heavy atom. The van der Waals surface area contributed by atoms with Gasteiger partial charge in [0.2, 0.25) is 5.95 Å². The minimum atomic E-state index is -0.459. The number of nitrogens with two attached hydrogens (primary N) is 1. The molecule has 2 aromatic carbocycles. The van der Waals surface area contributed by atoms with Gasteiger partial charge in [-0.15, -0.1) is 0 Å². The zero-order chi connectivity index (χ0) is 26.5. The molecule has 10 heteroatoms. The molecule has 4 aromatic rings. The van der Waals surface area contributed by atoms with E-state index in [-0.39, 0.29) is 11.5 Å². The lowest BCUT2D eigenvalue weighted by Crippen LogP contribution is -2.30. The number of nitriles is 1. The molecule has 4 rings (SSSR count). The Bertz CT molecular complexity index is 1510. The fraction of sp³-hybridized carbons (Fsp3) is 0.296. The zero-order valence-corrected chi connectivity index (χ0v) is 21.8. The zero-order valence-electron chi connectivity index (χ0n) is 21.1. The number of aromatic nitrogens is 4. The molecule has 2 aromatic heterocycles. The van der Waals surface area contributed by atoms with E-state index in [1.54, 1.807) is 29.7 Å². The summed E-state index contributed by atoms with van der Waals surface area (Å²) in [6.45, 7) is 5.61. The Balaban J connectivity index is 1.64. The molecule has 37 heavy (non-hydrogen) atoms. The molecular weight excluding hydrogens is 488 g/mol. The maximum atomic E-state index is 13.6. The van der Waals surface area contributed by atoms with Gasteiger partial charge in [-0.2, -0.15) is 10.2 Å². The summed E-state index contributed by atoms with van der Waals surface area (Å²) in [7, 11) is 2.06. The van der Waals surface area contributed by atoms with E-state index in [1.807, 2.05) is 25.1 Å². The van der Waals surface area contributed by atoms with Crippen LogP contribution < -0.4 is 16.6 Å². The van der Waals surface area contributed by atoms with Gasteiger partial charge in [-0.25, -0.2) is 9.97 Å². The lowest BCUT2D eigenvalue weighted by molar-refractivity contribution is 0.312. The summed E-state index contributed by atoms with van der Waals surface area (Å²) >= 11 is 6.40. The molecule has 9 nitrogen and oxygen atoms in total. The Labute approximate surface area is 220 Å². The van der Waals surface area contributed by atoms with Crippen LogP contribution in [0.2, 0.25) is 5.02 Å². The van der Waals surface area contributed by atoms with Gasteiger partial charge >= 0.3 is 0 Å². The smallest absolute Gasteiger partial charge is 0.262 e. The first-order valence-electron chi connectivity index (χ1n) is 12.0. The first-order chi connectivity index (χ1) is 17.8. The number of nitrogen functional groups attached to an aromatic ring is 1. The highest BCUT2D eigenvalue weighted by Crippen LogP contribution is 2.24. The molecular formula is C27H29ClN8O. The van der Waals surface area contributed by atoms with Crippen molar-refractivity contribution in [3.05, 3.63) is 86.6 Å². The average Bonchev–Trinajstić information content (AvgIpc) is 2.85. The van der Waals surface area contributed by atoms with Crippen LogP contribution in [-0.4, -0.2) is 38.0 Å². The third kappa shape index (κ3) is 5.88. The van der Waals surface area contributed by atoms with Gasteiger partial charge in [0.25, 0.3) is 5.56 Å². The highest BCUT2D eigenvalue weighted by atomic mass is 35.5. The van der Waals surface area contributed by atoms with Gasteiger partial charge in [-0.1, -0.05) is 48.0 Å². The van der Waals surface area contributed by atoms with Crippen molar-refractivity contribution in [1.29, 1.82) is 5.26 Å². The molecule has 3 N–H and O–H groups in total. The van der Waals surface area contributed by atoms with Crippen molar-refractivity contribution in [2.45, 2.75) is 39.4 Å². The van der Waals surface area contributed by atoms with Gasteiger partial charge in [0.05, 0.1) is 27.7 Å². The van der Waals surface area contributed by atoms with Crippen molar-refractivity contribution in [3.8, 4) is 6.07 Å². The van der Waals surface area contributed by atoms with Crippen molar-refractivity contribution in [1.82, 2.24) is 24.4 Å². The minimum Gasteiger partial charge on any atom is -0.368 e. The topological polar surface area (TPSA) is 126 Å². The van der Waals surface area contributed by atoms with Crippen LogP contribution >= 0.6 is 11.6 Å². The normalized spacial score (nSPS) is 12.0. The molecule has 0 aliphatic carbocycles. The fourth-order valence-electron chi connectivity index (χ4n) is 4.36. The number of anilines is 2. The second kappa shape index (κ2) is 11.4. The van der Waals surface area contributed by atoms with Gasteiger partial charge in [0.1, 0.15) is 23.3 Å². The lowest BCUT2D eigenvalue weighted by Gasteiger charge is -2.22. The molecule has 0 saturated heterocycles. The van der Waals surface area contributed by atoms with Crippen LogP contribution in [0.15, 0.2) is 53.3 Å². The Kier molecular flexibility index (Phi) is 8.01. The number of fused-ring (bicyclic) bond motifs is 1. The second-order valence-corrected chi connectivity index (χ2v) is 9.41. The van der Waals surface area contributed by atoms with Crippen LogP contribution in [0.4, 0.5) is 11.8 Å². The number of benzene rings is 2. The van der Waals surface area contributed by atoms with Crippen LogP contribution in [0.3, 0.4) is 0 Å². The van der Waals surface area contributed by atoms with E-state index in [1.165, 1.54) is 5.56 Å². The van der Waals surface area contributed by atoms with E-state index in [4.69, 9.17) is 22.3 Å². The Morgan fingerprint density at radius 2 is 1.92 bits per heavy atom. The summed E-state index contributed by atoms with van der Waals surface area (Å²) in [5, 5.41) is 13.6. The van der Waals surface area contributed by atoms with E-state index in [9.17, 15) is 10.1 Å². The lowest BCUT2D eigenvalue weighted by atomic mass is 10.2. The SMILES string of the molecule is Cc1nc(N)nc(N[C@@H](C)c2nc3cccc(Cl)c3c(=O)n2CCCN(C)Cc2ccccc2)c1C#N. The minimum absolute atomic E-state index is 0.0586. The summed E-state index contributed by atoms with van der Waals surface area (Å²) in [5.41, 5.74) is 8.13. The van der Waals surface area contributed by atoms with Gasteiger partial charge in [0.15, 0.2) is 0 Å². The molecule has 0 fully saturated rings. The maximum absolute atomic E-state index is 13.6. The van der Waals surface area contributed by atoms with Crippen LogP contribution in [0.25, 0.3) is 10.9 Å². The summed E-state index contributed by atoms with van der Waals surface area (Å²) in [6.07, 6.45) is 0.726. The van der Waals surface area contributed by atoms with Crippen molar-refractivity contribution >= 4 is 34.3 Å². The maximum Gasteiger partial charge on any atom is 0.262 e. The largest absolute Gasteiger partial charge is 0.368 e. The number of halogens is 1. The van der Waals surface area contributed by atoms with Crippen molar-refractivity contribution in [2.75, 3.05) is 24.6 Å². The van der Waals surface area contributed by atoms with Gasteiger partial charge < -0.3 is 16.0 Å². The molecule has 0 bridgehead atoms. The van der Waals surface area contributed by atoms with Crippen LogP contribution in [0.1, 0.15) is 42.0 Å². The third-order valence-electron chi connectivity index (χ3n) is 6.14. The molecule has 2 heterocycles. The standard InChI is InChI=1S/C27H29ClN8O/c1-17-20(15-29)24(34-27(30)32-17)31-18(2)25-33-22-12-7-11-21(28)23(22)26(37)36(25)14-8-13-35(3)16-19-9-5-4-6-10-19/h4-7,9-12,18H,8,13-14,16H2,1-3H3,(H3,30,31,32,34)/t18-/m0/s1. The van der Waals surface area contributed by atoms with E-state index in [0.29, 0.717) is 45.4 Å². The molecule has 190 valence electrons. The summed E-state index contributed by atoms with van der Waals surface area (Å²) in [6, 6.07) is 17.1. The first-order valence-corrected chi connectivity index (χ1v) is 12.4. The molecule has 0 aliphatic rings. The van der Waals surface area contributed by atoms with Crippen molar-refractivity contribution < 1.29 is 0 Å². The third-order valence-corrected chi connectivity index (χ3v) is 6.45. The van der Waals surface area contributed by atoms with E-state index in [0.717, 1.165) is 19.5 Å². The molecule has 1 atom stereocenters. The summed E-state index contributed by atoms with van der Waals surface area (Å²) in [5.74, 6) is 0.877. The van der Waals surface area contributed by atoms with Gasteiger partial charge in [0, 0.05) is 13.1 Å². The van der Waals surface area contributed by atoms with Crippen molar-refractivity contribution in [2.24, 2.45) is 0 Å². The Morgan fingerprint density at radius 3 is 2.65 bits per heavy atom. The van der Waals surface area contributed by atoms with E-state index >= 15 is 0 Å². The number of hydrogen-bond donors (Lipinski definition) is 2. The quantitative estimate of drug-likeness (QED) is 0.337. The molecule has 0 radical (unpaired) electrons. The predicted molar refractivity (Wildman–Crippen MR) is 146 cm³/mol. The highest BCUT2D eigenvalue weighted by Gasteiger charge is 2.20.